The molecule has 0 saturated heterocycles. The first-order chi connectivity index (χ1) is 20.6. The van der Waals surface area contributed by atoms with Crippen molar-refractivity contribution in [2.24, 2.45) is 5.92 Å². The molecular formula is C34H38N4O5. The quantitative estimate of drug-likeness (QED) is 0.140. The van der Waals surface area contributed by atoms with Gasteiger partial charge in [0.1, 0.15) is 12.3 Å². The van der Waals surface area contributed by atoms with Crippen molar-refractivity contribution in [2.75, 3.05) is 20.2 Å². The fourth-order valence-corrected chi connectivity index (χ4v) is 4.99. The van der Waals surface area contributed by atoms with Gasteiger partial charge in [-0.15, -0.1) is 0 Å². The van der Waals surface area contributed by atoms with Crippen LogP contribution in [0.2, 0.25) is 0 Å². The van der Waals surface area contributed by atoms with E-state index in [9.17, 15) is 19.7 Å². The molecule has 0 fully saturated rings. The first-order valence-corrected chi connectivity index (χ1v) is 14.3. The van der Waals surface area contributed by atoms with E-state index < -0.39 is 10.8 Å². The van der Waals surface area contributed by atoms with E-state index in [1.807, 2.05) is 86.8 Å². The van der Waals surface area contributed by atoms with Crippen molar-refractivity contribution < 1.29 is 19.2 Å². The van der Waals surface area contributed by atoms with Crippen LogP contribution in [0.15, 0.2) is 91.1 Å². The van der Waals surface area contributed by atoms with Crippen LogP contribution in [0.1, 0.15) is 46.6 Å². The van der Waals surface area contributed by atoms with Crippen molar-refractivity contribution in [1.29, 1.82) is 0 Å². The molecule has 0 saturated carbocycles. The summed E-state index contributed by atoms with van der Waals surface area (Å²) in [5.74, 6) is 0.237. The van der Waals surface area contributed by atoms with E-state index >= 15 is 0 Å². The Bertz CT molecular complexity index is 1560. The summed E-state index contributed by atoms with van der Waals surface area (Å²) in [7, 11) is 1.64. The molecule has 224 valence electrons. The van der Waals surface area contributed by atoms with Crippen LogP contribution in [-0.4, -0.2) is 51.3 Å². The Morgan fingerprint density at radius 1 is 0.907 bits per heavy atom. The topological polar surface area (TPSA) is 97.9 Å². The highest BCUT2D eigenvalue weighted by atomic mass is 16.6. The number of hydrogen-bond donors (Lipinski definition) is 0. The molecule has 9 nitrogen and oxygen atoms in total. The number of nitrogens with zero attached hydrogens (tertiary/aromatic N) is 4. The van der Waals surface area contributed by atoms with Crippen LogP contribution in [0.3, 0.4) is 0 Å². The van der Waals surface area contributed by atoms with Crippen molar-refractivity contribution in [3.63, 3.8) is 0 Å². The molecule has 9 heteroatoms. The van der Waals surface area contributed by atoms with Gasteiger partial charge in [0.15, 0.2) is 0 Å². The maximum atomic E-state index is 14.0. The van der Waals surface area contributed by atoms with Crippen LogP contribution in [0.4, 0.5) is 5.69 Å². The molecule has 4 aromatic rings. The Labute approximate surface area is 252 Å². The number of methoxy groups -OCH3 is 1. The molecule has 0 unspecified atom stereocenters. The Morgan fingerprint density at radius 2 is 1.65 bits per heavy atom. The van der Waals surface area contributed by atoms with Crippen molar-refractivity contribution in [2.45, 2.75) is 40.4 Å². The molecule has 0 atom stereocenters. The number of ether oxygens (including phenoxy) is 1. The summed E-state index contributed by atoms with van der Waals surface area (Å²) >= 11 is 0. The summed E-state index contributed by atoms with van der Waals surface area (Å²) < 4.78 is 7.48. The molecular weight excluding hydrogens is 544 g/mol. The number of carbonyl (C=O) groups excluding carboxylic acids is 2. The molecule has 0 spiro atoms. The van der Waals surface area contributed by atoms with Gasteiger partial charge < -0.3 is 19.1 Å². The van der Waals surface area contributed by atoms with Crippen molar-refractivity contribution in [1.82, 2.24) is 14.4 Å². The summed E-state index contributed by atoms with van der Waals surface area (Å²) in [6.45, 7) is 7.06. The van der Waals surface area contributed by atoms with E-state index in [0.29, 0.717) is 31.7 Å². The Morgan fingerprint density at radius 3 is 2.35 bits per heavy atom. The third kappa shape index (κ3) is 8.31. The van der Waals surface area contributed by atoms with Gasteiger partial charge in [-0.1, -0.05) is 62.4 Å². The van der Waals surface area contributed by atoms with E-state index in [1.165, 1.54) is 11.0 Å². The molecule has 3 aromatic carbocycles. The largest absolute Gasteiger partial charge is 0.497 e. The minimum absolute atomic E-state index is 0.0832. The standard InChI is InChI=1S/C34H38N4O5/c1-25(2)20-37(34(40)29-16-15-26(3)32(19-29)38(41)42)24-33(39)36(21-27-10-6-5-7-11-27)23-30-13-9-17-35(30)22-28-12-8-14-31(18-28)43-4/h5-19,25H,20-24H2,1-4H3. The number of hydrogen-bond acceptors (Lipinski definition) is 5. The molecule has 2 amide bonds. The minimum Gasteiger partial charge on any atom is -0.497 e. The van der Waals surface area contributed by atoms with Gasteiger partial charge in [0.2, 0.25) is 5.91 Å². The predicted octanol–water partition coefficient (Wildman–Crippen LogP) is 6.09. The molecule has 0 aliphatic carbocycles. The van der Waals surface area contributed by atoms with Gasteiger partial charge in [-0.2, -0.15) is 0 Å². The first-order valence-electron chi connectivity index (χ1n) is 14.3. The highest BCUT2D eigenvalue weighted by Crippen LogP contribution is 2.22. The van der Waals surface area contributed by atoms with E-state index in [2.05, 4.69) is 4.57 Å². The van der Waals surface area contributed by atoms with Gasteiger partial charge in [-0.25, -0.2) is 0 Å². The zero-order valence-corrected chi connectivity index (χ0v) is 25.1. The first kappa shape index (κ1) is 31.0. The normalized spacial score (nSPS) is 10.9. The number of rotatable bonds is 13. The summed E-state index contributed by atoms with van der Waals surface area (Å²) in [5.41, 5.74) is 3.52. The van der Waals surface area contributed by atoms with Crippen LogP contribution >= 0.6 is 0 Å². The van der Waals surface area contributed by atoms with E-state index in [4.69, 9.17) is 4.74 Å². The molecule has 4 rings (SSSR count). The second-order valence-corrected chi connectivity index (χ2v) is 11.1. The zero-order valence-electron chi connectivity index (χ0n) is 25.1. The van der Waals surface area contributed by atoms with Gasteiger partial charge >= 0.3 is 0 Å². The summed E-state index contributed by atoms with van der Waals surface area (Å²) in [6, 6.07) is 26.0. The van der Waals surface area contributed by atoms with Crippen molar-refractivity contribution in [3.05, 3.63) is 129 Å². The van der Waals surface area contributed by atoms with Crippen LogP contribution < -0.4 is 4.74 Å². The molecule has 0 radical (unpaired) electrons. The maximum absolute atomic E-state index is 14.0. The Hall–Kier alpha value is -4.92. The third-order valence-electron chi connectivity index (χ3n) is 7.18. The number of nitro groups is 1. The maximum Gasteiger partial charge on any atom is 0.273 e. The highest BCUT2D eigenvalue weighted by Gasteiger charge is 2.25. The molecule has 0 N–H and O–H groups in total. The number of carbonyl (C=O) groups is 2. The minimum atomic E-state index is -0.494. The Kier molecular flexibility index (Phi) is 10.3. The van der Waals surface area contributed by atoms with E-state index in [1.54, 1.807) is 31.1 Å². The highest BCUT2D eigenvalue weighted by molar-refractivity contribution is 5.97. The average Bonchev–Trinajstić information content (AvgIpc) is 3.42. The predicted molar refractivity (Wildman–Crippen MR) is 166 cm³/mol. The second-order valence-electron chi connectivity index (χ2n) is 11.1. The summed E-state index contributed by atoms with van der Waals surface area (Å²) in [5, 5.41) is 11.5. The Balaban J connectivity index is 1.60. The lowest BCUT2D eigenvalue weighted by Crippen LogP contribution is -2.44. The zero-order chi connectivity index (χ0) is 30.9. The number of benzene rings is 3. The molecule has 1 aromatic heterocycles. The van der Waals surface area contributed by atoms with E-state index in [0.717, 1.165) is 22.6 Å². The second kappa shape index (κ2) is 14.3. The fourth-order valence-electron chi connectivity index (χ4n) is 4.99. The van der Waals surface area contributed by atoms with Crippen LogP contribution in [0.5, 0.6) is 5.75 Å². The molecule has 1 heterocycles. The number of amides is 2. The third-order valence-corrected chi connectivity index (χ3v) is 7.18. The summed E-state index contributed by atoms with van der Waals surface area (Å²) in [6.07, 6.45) is 1.98. The lowest BCUT2D eigenvalue weighted by molar-refractivity contribution is -0.385. The molecule has 43 heavy (non-hydrogen) atoms. The van der Waals surface area contributed by atoms with Gasteiger partial charge in [0.25, 0.3) is 11.6 Å². The summed E-state index contributed by atoms with van der Waals surface area (Å²) in [4.78, 5) is 41.9. The SMILES string of the molecule is COc1cccc(Cn2cccc2CN(Cc2ccccc2)C(=O)CN(CC(C)C)C(=O)c2ccc(C)c([N+](=O)[O-])c2)c1. The fraction of sp³-hybridized carbons (Fsp3) is 0.294. The number of aryl methyl sites for hydroxylation is 1. The van der Waals surface area contributed by atoms with Crippen LogP contribution in [0.25, 0.3) is 0 Å². The lowest BCUT2D eigenvalue weighted by atomic mass is 10.1. The smallest absolute Gasteiger partial charge is 0.273 e. The van der Waals surface area contributed by atoms with Gasteiger partial charge in [-0.3, -0.25) is 19.7 Å². The van der Waals surface area contributed by atoms with Gasteiger partial charge in [0.05, 0.1) is 18.6 Å². The van der Waals surface area contributed by atoms with Gasteiger partial charge in [0, 0.05) is 48.7 Å². The number of nitro benzene ring substituents is 1. The van der Waals surface area contributed by atoms with E-state index in [-0.39, 0.29) is 29.6 Å². The van der Waals surface area contributed by atoms with Crippen LogP contribution in [-0.2, 0) is 24.4 Å². The molecule has 0 aliphatic rings. The van der Waals surface area contributed by atoms with Gasteiger partial charge in [-0.05, 0) is 54.3 Å². The molecule has 0 aliphatic heterocycles. The van der Waals surface area contributed by atoms with Crippen molar-refractivity contribution in [3.8, 4) is 5.75 Å². The molecule has 0 bridgehead atoms. The van der Waals surface area contributed by atoms with Crippen LogP contribution in [0, 0.1) is 23.0 Å². The van der Waals surface area contributed by atoms with Crippen molar-refractivity contribution >= 4 is 17.5 Å². The monoisotopic (exact) mass is 582 g/mol. The lowest BCUT2D eigenvalue weighted by Gasteiger charge is -2.29. The number of aromatic nitrogens is 1. The average molecular weight is 583 g/mol.